The smallest absolute Gasteiger partial charge is 0.342 e. The molecule has 7 heteroatoms. The summed E-state index contributed by atoms with van der Waals surface area (Å²) in [6.45, 7) is 0. The van der Waals surface area contributed by atoms with Crippen molar-refractivity contribution in [2.45, 2.75) is 24.6 Å². The number of thioether (sulfide) groups is 1. The predicted octanol–water partition coefficient (Wildman–Crippen LogP) is 0.651. The maximum absolute atomic E-state index is 11.6. The molecule has 2 heterocycles. The number of H-pyrrole nitrogens is 1. The third-order valence-corrected chi connectivity index (χ3v) is 4.04. The molecule has 0 bridgehead atoms. The number of aromatic amines is 1. The number of aromatic nitrogens is 2. The van der Waals surface area contributed by atoms with Crippen LogP contribution in [0.5, 0.6) is 0 Å². The lowest BCUT2D eigenvalue weighted by atomic mass is 10.2. The van der Waals surface area contributed by atoms with Gasteiger partial charge in [-0.25, -0.2) is 9.59 Å². The lowest BCUT2D eigenvalue weighted by molar-refractivity contribution is 0.0693. The summed E-state index contributed by atoms with van der Waals surface area (Å²) in [5, 5.41) is 8.76. The van der Waals surface area contributed by atoms with E-state index in [1.165, 1.54) is 4.57 Å². The molecule has 92 valence electrons. The Labute approximate surface area is 101 Å². The van der Waals surface area contributed by atoms with E-state index in [0.717, 1.165) is 31.2 Å². The Hall–Kier alpha value is -1.50. The van der Waals surface area contributed by atoms with Gasteiger partial charge in [0.05, 0.1) is 5.37 Å². The summed E-state index contributed by atoms with van der Waals surface area (Å²) in [5.41, 5.74) is -1.78. The number of carboxylic acid groups (broad SMARTS) is 1. The summed E-state index contributed by atoms with van der Waals surface area (Å²) in [6.07, 6.45) is 4.07. The van der Waals surface area contributed by atoms with Gasteiger partial charge in [-0.2, -0.15) is 0 Å². The van der Waals surface area contributed by atoms with Gasteiger partial charge >= 0.3 is 11.7 Å². The van der Waals surface area contributed by atoms with E-state index in [2.05, 4.69) is 0 Å². The molecule has 1 saturated heterocycles. The van der Waals surface area contributed by atoms with Crippen molar-refractivity contribution in [2.24, 2.45) is 0 Å². The normalized spacial score (nSPS) is 20.1. The molecule has 0 saturated carbocycles. The molecule has 1 unspecified atom stereocenters. The lowest BCUT2D eigenvalue weighted by Crippen LogP contribution is -2.35. The first-order valence-corrected chi connectivity index (χ1v) is 6.35. The van der Waals surface area contributed by atoms with Crippen LogP contribution in [0.25, 0.3) is 0 Å². The predicted molar refractivity (Wildman–Crippen MR) is 63.6 cm³/mol. The third kappa shape index (κ3) is 2.44. The fraction of sp³-hybridized carbons (Fsp3) is 0.500. The molecule has 0 radical (unpaired) electrons. The van der Waals surface area contributed by atoms with Crippen LogP contribution in [-0.4, -0.2) is 26.4 Å². The molecule has 2 N–H and O–H groups in total. The van der Waals surface area contributed by atoms with Crippen molar-refractivity contribution in [1.29, 1.82) is 0 Å². The molecule has 6 nitrogen and oxygen atoms in total. The van der Waals surface area contributed by atoms with Crippen LogP contribution in [0.15, 0.2) is 15.8 Å². The van der Waals surface area contributed by atoms with Gasteiger partial charge in [-0.15, -0.1) is 11.8 Å². The largest absolute Gasteiger partial charge is 0.477 e. The first kappa shape index (κ1) is 12.0. The Bertz CT molecular complexity index is 542. The van der Waals surface area contributed by atoms with Crippen molar-refractivity contribution >= 4 is 17.7 Å². The number of aromatic carboxylic acids is 1. The van der Waals surface area contributed by atoms with Gasteiger partial charge in [-0.05, 0) is 25.0 Å². The lowest BCUT2D eigenvalue weighted by Gasteiger charge is -2.23. The average molecular weight is 256 g/mol. The van der Waals surface area contributed by atoms with E-state index in [0.29, 0.717) is 0 Å². The Balaban J connectivity index is 2.46. The van der Waals surface area contributed by atoms with E-state index in [-0.39, 0.29) is 5.37 Å². The topological polar surface area (TPSA) is 92.2 Å². The van der Waals surface area contributed by atoms with Gasteiger partial charge in [0.15, 0.2) is 0 Å². The fourth-order valence-corrected chi connectivity index (χ4v) is 3.09. The van der Waals surface area contributed by atoms with Crippen molar-refractivity contribution in [3.05, 3.63) is 32.6 Å². The molecule has 1 atom stereocenters. The number of hydrogen-bond donors (Lipinski definition) is 2. The second-order valence-corrected chi connectivity index (χ2v) is 5.12. The highest BCUT2D eigenvalue weighted by Gasteiger charge is 2.19. The summed E-state index contributed by atoms with van der Waals surface area (Å²) in [6, 6.07) is 0. The van der Waals surface area contributed by atoms with Gasteiger partial charge < -0.3 is 5.11 Å². The van der Waals surface area contributed by atoms with E-state index in [4.69, 9.17) is 5.11 Å². The molecule has 0 amide bonds. The molecular formula is C10H12N2O4S. The highest BCUT2D eigenvalue weighted by Crippen LogP contribution is 2.32. The molecule has 0 spiro atoms. The zero-order chi connectivity index (χ0) is 12.4. The minimum atomic E-state index is -1.32. The highest BCUT2D eigenvalue weighted by molar-refractivity contribution is 7.99. The van der Waals surface area contributed by atoms with Crippen molar-refractivity contribution in [3.8, 4) is 0 Å². The molecule has 0 aromatic carbocycles. The van der Waals surface area contributed by atoms with E-state index < -0.39 is 22.8 Å². The number of rotatable bonds is 2. The van der Waals surface area contributed by atoms with Gasteiger partial charge in [0.25, 0.3) is 5.56 Å². The zero-order valence-electron chi connectivity index (χ0n) is 9.01. The Morgan fingerprint density at radius 2 is 2.24 bits per heavy atom. The van der Waals surface area contributed by atoms with Crippen LogP contribution >= 0.6 is 11.8 Å². The molecule has 0 aliphatic carbocycles. The van der Waals surface area contributed by atoms with E-state index in [1.54, 1.807) is 11.8 Å². The van der Waals surface area contributed by atoms with Crippen LogP contribution in [0, 0.1) is 0 Å². The van der Waals surface area contributed by atoms with Gasteiger partial charge in [-0.3, -0.25) is 14.3 Å². The zero-order valence-corrected chi connectivity index (χ0v) is 9.83. The first-order valence-electron chi connectivity index (χ1n) is 5.30. The van der Waals surface area contributed by atoms with Crippen molar-refractivity contribution in [1.82, 2.24) is 9.55 Å². The van der Waals surface area contributed by atoms with Gasteiger partial charge in [0, 0.05) is 6.20 Å². The van der Waals surface area contributed by atoms with Gasteiger partial charge in [-0.1, -0.05) is 0 Å². The van der Waals surface area contributed by atoms with Crippen LogP contribution in [0.4, 0.5) is 0 Å². The number of hydrogen-bond acceptors (Lipinski definition) is 4. The molecule has 2 rings (SSSR count). The fourth-order valence-electron chi connectivity index (χ4n) is 1.79. The quantitative estimate of drug-likeness (QED) is 0.810. The number of carboxylic acids is 1. The number of nitrogens with one attached hydrogen (secondary N) is 1. The van der Waals surface area contributed by atoms with Gasteiger partial charge in [0.2, 0.25) is 0 Å². The minimum Gasteiger partial charge on any atom is -0.477 e. The first-order chi connectivity index (χ1) is 8.09. The van der Waals surface area contributed by atoms with Crippen molar-refractivity contribution < 1.29 is 9.90 Å². The standard InChI is InChI=1S/C10H12N2O4S/c13-8-6(9(14)15)5-12(10(16)11-8)7-3-1-2-4-17-7/h5,7H,1-4H2,(H,14,15)(H,11,13,16). The minimum absolute atomic E-state index is 0.0776. The van der Waals surface area contributed by atoms with Crippen LogP contribution in [0.1, 0.15) is 35.0 Å². The molecule has 1 fully saturated rings. The Morgan fingerprint density at radius 3 is 2.82 bits per heavy atom. The summed E-state index contributed by atoms with van der Waals surface area (Å²) in [4.78, 5) is 35.7. The molecule has 1 aliphatic heterocycles. The molecule has 1 aromatic heterocycles. The Kier molecular flexibility index (Phi) is 3.37. The molecule has 1 aliphatic rings. The SMILES string of the molecule is O=C(O)c1cn(C2CCCCS2)c(=O)[nH]c1=O. The van der Waals surface area contributed by atoms with Crippen molar-refractivity contribution in [2.75, 3.05) is 5.75 Å². The van der Waals surface area contributed by atoms with E-state index in [1.807, 2.05) is 4.98 Å². The molecule has 1 aromatic rings. The van der Waals surface area contributed by atoms with Crippen LogP contribution < -0.4 is 11.2 Å². The van der Waals surface area contributed by atoms with Crippen molar-refractivity contribution in [3.63, 3.8) is 0 Å². The summed E-state index contributed by atoms with van der Waals surface area (Å²) >= 11 is 1.60. The van der Waals surface area contributed by atoms with E-state index >= 15 is 0 Å². The van der Waals surface area contributed by atoms with Crippen LogP contribution in [0.2, 0.25) is 0 Å². The van der Waals surface area contributed by atoms with Crippen LogP contribution in [-0.2, 0) is 0 Å². The molecular weight excluding hydrogens is 244 g/mol. The number of nitrogens with zero attached hydrogens (tertiary/aromatic N) is 1. The summed E-state index contributed by atoms with van der Waals surface area (Å²) < 4.78 is 1.31. The monoisotopic (exact) mass is 256 g/mol. The third-order valence-electron chi connectivity index (χ3n) is 2.66. The summed E-state index contributed by atoms with van der Waals surface area (Å²) in [5.74, 6) is -0.376. The average Bonchev–Trinajstić information content (AvgIpc) is 2.29. The highest BCUT2D eigenvalue weighted by atomic mass is 32.2. The second kappa shape index (κ2) is 4.79. The van der Waals surface area contributed by atoms with Gasteiger partial charge in [0.1, 0.15) is 5.56 Å². The maximum atomic E-state index is 11.6. The molecule has 17 heavy (non-hydrogen) atoms. The Morgan fingerprint density at radius 1 is 1.47 bits per heavy atom. The number of carbonyl (C=O) groups is 1. The van der Waals surface area contributed by atoms with E-state index in [9.17, 15) is 14.4 Å². The summed E-state index contributed by atoms with van der Waals surface area (Å²) in [7, 11) is 0. The van der Waals surface area contributed by atoms with Crippen LogP contribution in [0.3, 0.4) is 0 Å². The maximum Gasteiger partial charge on any atom is 0.342 e. The second-order valence-electron chi connectivity index (χ2n) is 3.84.